The van der Waals surface area contributed by atoms with E-state index in [-0.39, 0.29) is 24.0 Å². The lowest BCUT2D eigenvalue weighted by atomic mass is 10.1. The van der Waals surface area contributed by atoms with E-state index >= 15 is 0 Å². The molecular formula is C16H19ClFN3O3. The second kappa shape index (κ2) is 6.78. The number of nitrogens with two attached hydrogens (primary N) is 1. The van der Waals surface area contributed by atoms with Gasteiger partial charge in [-0.25, -0.2) is 9.18 Å². The first-order chi connectivity index (χ1) is 10.9. The molecule has 3 N–H and O–H groups in total. The van der Waals surface area contributed by atoms with Crippen molar-refractivity contribution in [1.82, 2.24) is 4.40 Å². The number of carboxylic acid groups (broad SMARTS) is 1. The highest BCUT2D eigenvalue weighted by molar-refractivity contribution is 5.88. The third-order valence-corrected chi connectivity index (χ3v) is 4.29. The van der Waals surface area contributed by atoms with Gasteiger partial charge in [0.1, 0.15) is 5.56 Å². The Hall–Kier alpha value is -2.12. The summed E-state index contributed by atoms with van der Waals surface area (Å²) in [4.78, 5) is 25.3. The van der Waals surface area contributed by atoms with Crippen molar-refractivity contribution in [2.45, 2.75) is 25.8 Å². The fraction of sp³-hybridized carbons (Fsp3) is 0.375. The van der Waals surface area contributed by atoms with Crippen LogP contribution < -0.4 is 16.2 Å². The van der Waals surface area contributed by atoms with Crippen molar-refractivity contribution in [1.29, 1.82) is 0 Å². The van der Waals surface area contributed by atoms with E-state index in [1.807, 2.05) is 11.8 Å². The van der Waals surface area contributed by atoms with E-state index in [1.54, 1.807) is 6.07 Å². The van der Waals surface area contributed by atoms with E-state index in [4.69, 9.17) is 10.8 Å². The van der Waals surface area contributed by atoms with Crippen molar-refractivity contribution >= 4 is 29.6 Å². The van der Waals surface area contributed by atoms with Crippen LogP contribution in [0, 0.1) is 5.82 Å². The van der Waals surface area contributed by atoms with Crippen LogP contribution in [0.15, 0.2) is 23.1 Å². The first-order valence-electron chi connectivity index (χ1n) is 7.54. The molecule has 0 spiro atoms. The molecule has 1 saturated heterocycles. The van der Waals surface area contributed by atoms with Crippen LogP contribution in [0.1, 0.15) is 29.3 Å². The molecule has 2 aromatic heterocycles. The highest BCUT2D eigenvalue weighted by atomic mass is 35.5. The van der Waals surface area contributed by atoms with Crippen LogP contribution in [0.2, 0.25) is 0 Å². The number of anilines is 1. The van der Waals surface area contributed by atoms with E-state index in [0.717, 1.165) is 17.0 Å². The number of pyridine rings is 2. The average molecular weight is 356 g/mol. The lowest BCUT2D eigenvalue weighted by Gasteiger charge is -2.20. The summed E-state index contributed by atoms with van der Waals surface area (Å²) < 4.78 is 15.5. The Labute approximate surface area is 144 Å². The number of rotatable bonds is 3. The van der Waals surface area contributed by atoms with E-state index in [2.05, 4.69) is 0 Å². The normalized spacial score (nSPS) is 17.1. The molecule has 0 radical (unpaired) electrons. The maximum Gasteiger partial charge on any atom is 0.341 e. The third kappa shape index (κ3) is 2.97. The van der Waals surface area contributed by atoms with Gasteiger partial charge in [-0.05, 0) is 30.5 Å². The zero-order valence-electron chi connectivity index (χ0n) is 13.2. The summed E-state index contributed by atoms with van der Waals surface area (Å²) in [6.45, 7) is 3.08. The van der Waals surface area contributed by atoms with Crippen LogP contribution in [0.5, 0.6) is 0 Å². The molecule has 3 rings (SSSR count). The number of hydrogen-bond acceptors (Lipinski definition) is 4. The second-order valence-electron chi connectivity index (χ2n) is 5.80. The SMILES string of the molecule is CCc1cc(C(=O)O)c(=O)n2cc(F)c(N3CCC(N)C3)cc12.Cl. The highest BCUT2D eigenvalue weighted by Crippen LogP contribution is 2.26. The highest BCUT2D eigenvalue weighted by Gasteiger charge is 2.23. The van der Waals surface area contributed by atoms with Crippen molar-refractivity contribution < 1.29 is 14.3 Å². The Bertz CT molecular complexity index is 853. The van der Waals surface area contributed by atoms with Gasteiger partial charge in [0.05, 0.1) is 17.4 Å². The van der Waals surface area contributed by atoms with Crippen LogP contribution in [0.25, 0.3) is 5.52 Å². The van der Waals surface area contributed by atoms with E-state index in [9.17, 15) is 14.0 Å². The fourth-order valence-corrected chi connectivity index (χ4v) is 3.06. The van der Waals surface area contributed by atoms with E-state index in [0.29, 0.717) is 36.3 Å². The predicted octanol–water partition coefficient (Wildman–Crippen LogP) is 1.66. The van der Waals surface area contributed by atoms with Gasteiger partial charge >= 0.3 is 5.97 Å². The number of hydrogen-bond donors (Lipinski definition) is 2. The maximum absolute atomic E-state index is 14.5. The van der Waals surface area contributed by atoms with E-state index < -0.39 is 17.3 Å². The van der Waals surface area contributed by atoms with Crippen molar-refractivity contribution in [3.05, 3.63) is 45.6 Å². The number of carboxylic acids is 1. The van der Waals surface area contributed by atoms with Gasteiger partial charge in [0.15, 0.2) is 5.82 Å². The van der Waals surface area contributed by atoms with Gasteiger partial charge in [-0.3, -0.25) is 9.20 Å². The molecule has 6 nitrogen and oxygen atoms in total. The Morgan fingerprint density at radius 3 is 2.71 bits per heavy atom. The number of aryl methyl sites for hydroxylation is 1. The van der Waals surface area contributed by atoms with Gasteiger partial charge in [-0.1, -0.05) is 6.92 Å². The molecule has 130 valence electrons. The van der Waals surface area contributed by atoms with Crippen LogP contribution in [-0.2, 0) is 6.42 Å². The van der Waals surface area contributed by atoms with Gasteiger partial charge in [0.25, 0.3) is 5.56 Å². The van der Waals surface area contributed by atoms with Gasteiger partial charge in [-0.15, -0.1) is 12.4 Å². The fourth-order valence-electron chi connectivity index (χ4n) is 3.06. The molecular weight excluding hydrogens is 337 g/mol. The Morgan fingerprint density at radius 2 is 2.17 bits per heavy atom. The first kappa shape index (κ1) is 18.2. The molecule has 1 unspecified atom stereocenters. The summed E-state index contributed by atoms with van der Waals surface area (Å²) in [5.74, 6) is -1.87. The number of aromatic nitrogens is 1. The summed E-state index contributed by atoms with van der Waals surface area (Å²) in [5, 5.41) is 9.14. The molecule has 1 fully saturated rings. The molecule has 8 heteroatoms. The molecule has 3 heterocycles. The number of fused-ring (bicyclic) bond motifs is 1. The van der Waals surface area contributed by atoms with Crippen molar-refractivity contribution in [2.75, 3.05) is 18.0 Å². The largest absolute Gasteiger partial charge is 0.477 e. The Kier molecular flexibility index (Phi) is 5.15. The lowest BCUT2D eigenvalue weighted by Crippen LogP contribution is -2.28. The molecule has 0 amide bonds. The van der Waals surface area contributed by atoms with Gasteiger partial charge in [0.2, 0.25) is 0 Å². The standard InChI is InChI=1S/C16H18FN3O3.ClH/c1-2-9-5-11(16(22)23)15(21)20-8-12(17)14(6-13(9)20)19-4-3-10(18)7-19;/h5-6,8,10H,2-4,7,18H2,1H3,(H,22,23);1H. The van der Waals surface area contributed by atoms with Crippen molar-refractivity contribution in [3.8, 4) is 0 Å². The van der Waals surface area contributed by atoms with Crippen LogP contribution >= 0.6 is 12.4 Å². The minimum Gasteiger partial charge on any atom is -0.477 e. The summed E-state index contributed by atoms with van der Waals surface area (Å²) in [7, 11) is 0. The summed E-state index contributed by atoms with van der Waals surface area (Å²) in [5.41, 5.74) is 6.41. The molecule has 0 aromatic carbocycles. The molecule has 0 bridgehead atoms. The van der Waals surface area contributed by atoms with Crippen molar-refractivity contribution in [2.24, 2.45) is 5.73 Å². The first-order valence-corrected chi connectivity index (χ1v) is 7.54. The molecule has 2 aromatic rings. The van der Waals surface area contributed by atoms with Crippen LogP contribution in [-0.4, -0.2) is 34.6 Å². The monoisotopic (exact) mass is 355 g/mol. The van der Waals surface area contributed by atoms with E-state index in [1.165, 1.54) is 6.07 Å². The molecule has 0 aliphatic carbocycles. The van der Waals surface area contributed by atoms with Gasteiger partial charge in [0, 0.05) is 19.1 Å². The minimum absolute atomic E-state index is 0. The molecule has 1 atom stereocenters. The number of aromatic carboxylic acids is 1. The smallest absolute Gasteiger partial charge is 0.341 e. The summed E-state index contributed by atoms with van der Waals surface area (Å²) >= 11 is 0. The van der Waals surface area contributed by atoms with Gasteiger partial charge in [-0.2, -0.15) is 0 Å². The van der Waals surface area contributed by atoms with Crippen molar-refractivity contribution in [3.63, 3.8) is 0 Å². The topological polar surface area (TPSA) is 88.0 Å². The number of halogens is 2. The predicted molar refractivity (Wildman–Crippen MR) is 92.0 cm³/mol. The second-order valence-corrected chi connectivity index (χ2v) is 5.80. The van der Waals surface area contributed by atoms with Crippen LogP contribution in [0.4, 0.5) is 10.1 Å². The molecule has 0 saturated carbocycles. The summed E-state index contributed by atoms with van der Waals surface area (Å²) in [6, 6.07) is 2.99. The third-order valence-electron chi connectivity index (χ3n) is 4.29. The minimum atomic E-state index is -1.31. The van der Waals surface area contributed by atoms with Crippen LogP contribution in [0.3, 0.4) is 0 Å². The van der Waals surface area contributed by atoms with Gasteiger partial charge < -0.3 is 15.7 Å². The average Bonchev–Trinajstić information content (AvgIpc) is 2.93. The Balaban J connectivity index is 0.00000208. The molecule has 1 aliphatic heterocycles. The molecule has 1 aliphatic rings. The zero-order chi connectivity index (χ0) is 16.7. The lowest BCUT2D eigenvalue weighted by molar-refractivity contribution is 0.0694. The number of carbonyl (C=O) groups is 1. The Morgan fingerprint density at radius 1 is 1.46 bits per heavy atom. The quantitative estimate of drug-likeness (QED) is 0.874. The zero-order valence-corrected chi connectivity index (χ0v) is 14.0. The number of nitrogens with zero attached hydrogens (tertiary/aromatic N) is 2. The maximum atomic E-state index is 14.5. The summed E-state index contributed by atoms with van der Waals surface area (Å²) in [6.07, 6.45) is 2.40. The molecule has 24 heavy (non-hydrogen) atoms.